The summed E-state index contributed by atoms with van der Waals surface area (Å²) in [5, 5.41) is 3.86. The highest BCUT2D eigenvalue weighted by Crippen LogP contribution is 2.23. The Labute approximate surface area is 173 Å². The van der Waals surface area contributed by atoms with Crippen molar-refractivity contribution in [1.82, 2.24) is 14.5 Å². The molecule has 1 aliphatic heterocycles. The summed E-state index contributed by atoms with van der Waals surface area (Å²) < 4.78 is 15.2. The Hall–Kier alpha value is -3.74. The Balaban J connectivity index is 1.43. The van der Waals surface area contributed by atoms with Gasteiger partial charge in [-0.3, -0.25) is 9.78 Å². The van der Waals surface area contributed by atoms with Crippen molar-refractivity contribution in [3.8, 4) is 0 Å². The summed E-state index contributed by atoms with van der Waals surface area (Å²) in [5.74, 6) is 0.410. The second-order valence-electron chi connectivity index (χ2n) is 7.38. The van der Waals surface area contributed by atoms with Gasteiger partial charge in [0.2, 0.25) is 0 Å². The number of hydrogen-bond acceptors (Lipinski definition) is 4. The SMILES string of the molecule is O=C(Nc1ccc(N2CCC2)nc1)c1cc2ccncc2n1Cc1ccc(F)cc1. The van der Waals surface area contributed by atoms with Crippen LogP contribution in [-0.4, -0.2) is 33.5 Å². The minimum absolute atomic E-state index is 0.230. The molecule has 3 aromatic heterocycles. The van der Waals surface area contributed by atoms with Gasteiger partial charge in [0.05, 0.1) is 23.6 Å². The lowest BCUT2D eigenvalue weighted by Crippen LogP contribution is -2.37. The number of fused-ring (bicyclic) bond motifs is 1. The minimum atomic E-state index is -0.287. The maximum atomic E-state index is 13.3. The Bertz CT molecular complexity index is 1200. The van der Waals surface area contributed by atoms with Crippen LogP contribution >= 0.6 is 0 Å². The molecule has 0 bridgehead atoms. The maximum Gasteiger partial charge on any atom is 0.272 e. The number of nitrogens with zero attached hydrogens (tertiary/aromatic N) is 4. The third kappa shape index (κ3) is 3.50. The molecule has 0 aliphatic carbocycles. The van der Waals surface area contributed by atoms with Crippen molar-refractivity contribution < 1.29 is 9.18 Å². The van der Waals surface area contributed by atoms with Crippen molar-refractivity contribution in [2.45, 2.75) is 13.0 Å². The van der Waals surface area contributed by atoms with E-state index >= 15 is 0 Å². The average Bonchev–Trinajstić information content (AvgIpc) is 3.08. The van der Waals surface area contributed by atoms with Crippen LogP contribution in [-0.2, 0) is 6.54 Å². The quantitative estimate of drug-likeness (QED) is 0.547. The van der Waals surface area contributed by atoms with Crippen molar-refractivity contribution in [2.24, 2.45) is 0 Å². The molecule has 1 fully saturated rings. The largest absolute Gasteiger partial charge is 0.356 e. The van der Waals surface area contributed by atoms with Crippen molar-refractivity contribution in [2.75, 3.05) is 23.3 Å². The first-order chi connectivity index (χ1) is 14.7. The molecule has 4 aromatic rings. The van der Waals surface area contributed by atoms with E-state index in [1.807, 2.05) is 28.8 Å². The van der Waals surface area contributed by atoms with Gasteiger partial charge in [-0.05, 0) is 48.4 Å². The van der Waals surface area contributed by atoms with E-state index < -0.39 is 0 Å². The number of benzene rings is 1. The van der Waals surface area contributed by atoms with Gasteiger partial charge in [-0.2, -0.15) is 0 Å². The first-order valence-corrected chi connectivity index (χ1v) is 9.87. The molecular formula is C23H20FN5O. The number of hydrogen-bond donors (Lipinski definition) is 1. The molecule has 1 saturated heterocycles. The second-order valence-corrected chi connectivity index (χ2v) is 7.38. The summed E-state index contributed by atoms with van der Waals surface area (Å²) in [7, 11) is 0. The molecule has 5 rings (SSSR count). The lowest BCUT2D eigenvalue weighted by atomic mass is 10.2. The highest BCUT2D eigenvalue weighted by Gasteiger charge is 2.18. The van der Waals surface area contributed by atoms with E-state index in [2.05, 4.69) is 20.2 Å². The predicted octanol–water partition coefficient (Wildman–Crippen LogP) is 4.08. The molecule has 0 spiro atoms. The number of pyridine rings is 2. The third-order valence-corrected chi connectivity index (χ3v) is 5.38. The lowest BCUT2D eigenvalue weighted by molar-refractivity contribution is 0.101. The van der Waals surface area contributed by atoms with Crippen LogP contribution in [0.25, 0.3) is 10.9 Å². The van der Waals surface area contributed by atoms with Gasteiger partial charge >= 0.3 is 0 Å². The molecular weight excluding hydrogens is 381 g/mol. The van der Waals surface area contributed by atoms with Crippen LogP contribution in [0.15, 0.2) is 67.1 Å². The maximum absolute atomic E-state index is 13.3. The second kappa shape index (κ2) is 7.59. The summed E-state index contributed by atoms with van der Waals surface area (Å²) in [5.41, 5.74) is 2.89. The molecule has 0 radical (unpaired) electrons. The summed E-state index contributed by atoms with van der Waals surface area (Å²) >= 11 is 0. The Morgan fingerprint density at radius 1 is 1.07 bits per heavy atom. The van der Waals surface area contributed by atoms with Crippen LogP contribution in [0, 0.1) is 5.82 Å². The monoisotopic (exact) mass is 401 g/mol. The zero-order valence-corrected chi connectivity index (χ0v) is 16.3. The Kier molecular flexibility index (Phi) is 4.63. The number of nitrogens with one attached hydrogen (secondary N) is 1. The van der Waals surface area contributed by atoms with E-state index in [1.165, 1.54) is 18.6 Å². The minimum Gasteiger partial charge on any atom is -0.356 e. The van der Waals surface area contributed by atoms with Gasteiger partial charge in [-0.1, -0.05) is 12.1 Å². The molecule has 7 heteroatoms. The highest BCUT2D eigenvalue weighted by molar-refractivity contribution is 6.06. The van der Waals surface area contributed by atoms with E-state index in [-0.39, 0.29) is 11.7 Å². The van der Waals surface area contributed by atoms with Gasteiger partial charge in [0.25, 0.3) is 5.91 Å². The normalized spacial score (nSPS) is 13.3. The Morgan fingerprint density at radius 3 is 2.60 bits per heavy atom. The fourth-order valence-corrected chi connectivity index (χ4v) is 3.62. The van der Waals surface area contributed by atoms with Gasteiger partial charge in [-0.15, -0.1) is 0 Å². The number of carbonyl (C=O) groups excluding carboxylic acids is 1. The molecule has 0 atom stereocenters. The molecule has 4 heterocycles. The topological polar surface area (TPSA) is 63.1 Å². The van der Waals surface area contributed by atoms with Crippen LogP contribution in [0.1, 0.15) is 22.5 Å². The molecule has 6 nitrogen and oxygen atoms in total. The molecule has 1 amide bonds. The molecule has 0 unspecified atom stereocenters. The molecule has 150 valence electrons. The van der Waals surface area contributed by atoms with E-state index in [0.29, 0.717) is 17.9 Å². The van der Waals surface area contributed by atoms with Crippen LogP contribution in [0.3, 0.4) is 0 Å². The lowest BCUT2D eigenvalue weighted by Gasteiger charge is -2.31. The Morgan fingerprint density at radius 2 is 1.90 bits per heavy atom. The summed E-state index contributed by atoms with van der Waals surface area (Å²) in [6.07, 6.45) is 6.30. The van der Waals surface area contributed by atoms with Gasteiger partial charge in [0.15, 0.2) is 0 Å². The van der Waals surface area contributed by atoms with Crippen LogP contribution in [0.2, 0.25) is 0 Å². The predicted molar refractivity (Wildman–Crippen MR) is 114 cm³/mol. The van der Waals surface area contributed by atoms with Gasteiger partial charge in [0.1, 0.15) is 17.3 Å². The number of halogens is 1. The molecule has 1 aliphatic rings. The van der Waals surface area contributed by atoms with Gasteiger partial charge in [0, 0.05) is 31.2 Å². The van der Waals surface area contributed by atoms with Crippen molar-refractivity contribution in [3.63, 3.8) is 0 Å². The van der Waals surface area contributed by atoms with Crippen LogP contribution < -0.4 is 10.2 Å². The van der Waals surface area contributed by atoms with E-state index in [1.54, 1.807) is 30.7 Å². The summed E-state index contributed by atoms with van der Waals surface area (Å²) in [6.45, 7) is 2.48. The smallest absolute Gasteiger partial charge is 0.272 e. The number of amides is 1. The highest BCUT2D eigenvalue weighted by atomic mass is 19.1. The van der Waals surface area contributed by atoms with Crippen molar-refractivity contribution in [1.29, 1.82) is 0 Å². The van der Waals surface area contributed by atoms with Gasteiger partial charge in [-0.25, -0.2) is 9.37 Å². The first-order valence-electron chi connectivity index (χ1n) is 9.87. The summed E-state index contributed by atoms with van der Waals surface area (Å²) in [4.78, 5) is 23.9. The van der Waals surface area contributed by atoms with Crippen molar-refractivity contribution in [3.05, 3.63) is 84.2 Å². The third-order valence-electron chi connectivity index (χ3n) is 5.38. The summed E-state index contributed by atoms with van der Waals surface area (Å²) in [6, 6.07) is 13.8. The number of rotatable bonds is 5. The van der Waals surface area contributed by atoms with Gasteiger partial charge < -0.3 is 14.8 Å². The fourth-order valence-electron chi connectivity index (χ4n) is 3.62. The van der Waals surface area contributed by atoms with E-state index in [0.717, 1.165) is 35.4 Å². The number of carbonyl (C=O) groups is 1. The first kappa shape index (κ1) is 18.3. The van der Waals surface area contributed by atoms with Crippen LogP contribution in [0.5, 0.6) is 0 Å². The van der Waals surface area contributed by atoms with E-state index in [4.69, 9.17) is 0 Å². The van der Waals surface area contributed by atoms with E-state index in [9.17, 15) is 9.18 Å². The average molecular weight is 401 g/mol. The van der Waals surface area contributed by atoms with Crippen molar-refractivity contribution >= 4 is 28.3 Å². The number of anilines is 2. The molecule has 0 saturated carbocycles. The fraction of sp³-hybridized carbons (Fsp3) is 0.174. The zero-order chi connectivity index (χ0) is 20.5. The zero-order valence-electron chi connectivity index (χ0n) is 16.3. The molecule has 1 N–H and O–H groups in total. The number of aromatic nitrogens is 3. The van der Waals surface area contributed by atoms with Crippen LogP contribution in [0.4, 0.5) is 15.9 Å². The standard InChI is InChI=1S/C23H20FN5O/c24-18-4-2-16(3-5-18)15-29-20(12-17-8-9-25-14-21(17)29)23(30)27-19-6-7-22(26-13-19)28-10-1-11-28/h2-9,12-14H,1,10-11,15H2,(H,27,30). The molecule has 30 heavy (non-hydrogen) atoms. The molecule has 1 aromatic carbocycles.